The highest BCUT2D eigenvalue weighted by Gasteiger charge is 2.26. The zero-order valence-corrected chi connectivity index (χ0v) is 19.4. The summed E-state index contributed by atoms with van der Waals surface area (Å²) in [5, 5.41) is 10.6. The molecule has 1 saturated heterocycles. The first-order valence-corrected chi connectivity index (χ1v) is 12.1. The molecule has 0 atom stereocenters. The Morgan fingerprint density at radius 3 is 2.42 bits per heavy atom. The van der Waals surface area contributed by atoms with Crippen LogP contribution in [0.5, 0.6) is 0 Å². The van der Waals surface area contributed by atoms with Gasteiger partial charge in [-0.2, -0.15) is 5.10 Å². The topological polar surface area (TPSA) is 73.0 Å². The zero-order valence-electron chi connectivity index (χ0n) is 19.4. The van der Waals surface area contributed by atoms with Crippen molar-refractivity contribution in [1.29, 1.82) is 0 Å². The maximum atomic E-state index is 4.90. The predicted molar refractivity (Wildman–Crippen MR) is 135 cm³/mol. The summed E-state index contributed by atoms with van der Waals surface area (Å²) >= 11 is 0. The summed E-state index contributed by atoms with van der Waals surface area (Å²) in [7, 11) is 0. The molecular formula is C26H33N7. The van der Waals surface area contributed by atoms with Crippen molar-refractivity contribution >= 4 is 29.6 Å². The first kappa shape index (κ1) is 21.6. The summed E-state index contributed by atoms with van der Waals surface area (Å²) in [5.74, 6) is 3.18. The summed E-state index contributed by atoms with van der Waals surface area (Å²) in [6.07, 6.45) is 10.9. The van der Waals surface area contributed by atoms with Gasteiger partial charge in [-0.1, -0.05) is 55.7 Å². The van der Waals surface area contributed by atoms with E-state index in [4.69, 9.17) is 9.97 Å². The normalized spacial score (nSPS) is 18.2. The van der Waals surface area contributed by atoms with Gasteiger partial charge in [0, 0.05) is 50.0 Å². The van der Waals surface area contributed by atoms with Crippen LogP contribution in [0.3, 0.4) is 0 Å². The quantitative estimate of drug-likeness (QED) is 0.566. The zero-order chi connectivity index (χ0) is 22.5. The second-order valence-corrected chi connectivity index (χ2v) is 9.09. The molecule has 2 aliphatic rings. The second-order valence-electron chi connectivity index (χ2n) is 9.09. The molecule has 0 radical (unpaired) electrons. The molecule has 3 heterocycles. The molecule has 5 rings (SSSR count). The Morgan fingerprint density at radius 1 is 0.909 bits per heavy atom. The number of piperazine rings is 1. The van der Waals surface area contributed by atoms with E-state index in [2.05, 4.69) is 43.5 Å². The molecule has 0 amide bonds. The van der Waals surface area contributed by atoms with Crippen LogP contribution in [0, 0.1) is 6.92 Å². The molecule has 7 heteroatoms. The first-order chi connectivity index (χ1) is 16.2. The van der Waals surface area contributed by atoms with Gasteiger partial charge in [-0.15, -0.1) is 0 Å². The van der Waals surface area contributed by atoms with Gasteiger partial charge in [-0.05, 0) is 31.4 Å². The van der Waals surface area contributed by atoms with Crippen molar-refractivity contribution in [2.24, 2.45) is 0 Å². The molecule has 2 N–H and O–H groups in total. The van der Waals surface area contributed by atoms with Crippen LogP contribution >= 0.6 is 0 Å². The van der Waals surface area contributed by atoms with Crippen LogP contribution in [0.25, 0.3) is 12.2 Å². The number of aromatic nitrogens is 4. The molecule has 0 unspecified atom stereocenters. The Hall–Kier alpha value is -3.19. The third-order valence-electron chi connectivity index (χ3n) is 6.65. The average molecular weight is 444 g/mol. The molecule has 1 aliphatic heterocycles. The lowest BCUT2D eigenvalue weighted by atomic mass is 9.94. The van der Waals surface area contributed by atoms with E-state index in [1.165, 1.54) is 32.1 Å². The van der Waals surface area contributed by atoms with E-state index in [1.54, 1.807) is 0 Å². The van der Waals surface area contributed by atoms with Crippen molar-refractivity contribution in [3.63, 3.8) is 0 Å². The number of hydrogen-bond donors (Lipinski definition) is 2. The number of H-pyrrole nitrogens is 1. The lowest BCUT2D eigenvalue weighted by Crippen LogP contribution is -2.51. The number of anilines is 3. The van der Waals surface area contributed by atoms with Crippen LogP contribution in [-0.4, -0.2) is 57.3 Å². The van der Waals surface area contributed by atoms with Crippen molar-refractivity contribution in [2.75, 3.05) is 36.4 Å². The fourth-order valence-electron chi connectivity index (χ4n) is 4.86. The molecule has 172 valence electrons. The third kappa shape index (κ3) is 5.60. The second kappa shape index (κ2) is 10.2. The van der Waals surface area contributed by atoms with E-state index in [-0.39, 0.29) is 0 Å². The Balaban J connectivity index is 1.35. The number of aromatic amines is 1. The standard InChI is InChI=1S/C26H33N7/c1-20-18-25(31-30-20)28-24-19-26(29-23(27-24)13-12-21-8-4-2-5-9-21)33-16-14-32(15-17-33)22-10-6-3-7-11-22/h2,4-5,8-9,12-13,18-19,22H,3,6-7,10-11,14-17H2,1H3,(H2,27,28,29,30,31)/b13-12+. The van der Waals surface area contributed by atoms with Gasteiger partial charge in [-0.25, -0.2) is 9.97 Å². The number of rotatable bonds is 6. The van der Waals surface area contributed by atoms with Crippen LogP contribution < -0.4 is 10.2 Å². The van der Waals surface area contributed by atoms with Gasteiger partial charge in [0.1, 0.15) is 11.6 Å². The molecule has 33 heavy (non-hydrogen) atoms. The van der Waals surface area contributed by atoms with Crippen molar-refractivity contribution in [3.05, 3.63) is 59.5 Å². The third-order valence-corrected chi connectivity index (χ3v) is 6.65. The van der Waals surface area contributed by atoms with Gasteiger partial charge in [0.2, 0.25) is 0 Å². The van der Waals surface area contributed by atoms with Crippen molar-refractivity contribution < 1.29 is 0 Å². The molecule has 7 nitrogen and oxygen atoms in total. The Kier molecular flexibility index (Phi) is 6.67. The van der Waals surface area contributed by atoms with Crippen molar-refractivity contribution in [2.45, 2.75) is 45.1 Å². The summed E-state index contributed by atoms with van der Waals surface area (Å²) in [6, 6.07) is 15.0. The Morgan fingerprint density at radius 2 is 1.70 bits per heavy atom. The highest BCUT2D eigenvalue weighted by molar-refractivity contribution is 5.69. The van der Waals surface area contributed by atoms with Crippen LogP contribution in [0.2, 0.25) is 0 Å². The number of nitrogens with zero attached hydrogens (tertiary/aromatic N) is 5. The molecule has 1 aromatic carbocycles. The minimum atomic E-state index is 0.695. The van der Waals surface area contributed by atoms with Crippen molar-refractivity contribution in [1.82, 2.24) is 25.1 Å². The lowest BCUT2D eigenvalue weighted by molar-refractivity contribution is 0.147. The number of hydrogen-bond acceptors (Lipinski definition) is 6. The molecule has 3 aromatic rings. The van der Waals surface area contributed by atoms with Crippen LogP contribution in [0.15, 0.2) is 42.5 Å². The fraction of sp³-hybridized carbons (Fsp3) is 0.423. The first-order valence-electron chi connectivity index (χ1n) is 12.1. The maximum absolute atomic E-state index is 4.90. The summed E-state index contributed by atoms with van der Waals surface area (Å²) in [4.78, 5) is 14.7. The Labute approximate surface area is 195 Å². The SMILES string of the molecule is Cc1cc(Nc2cc(N3CCN(C4CCCCC4)CC3)nc(/C=C/c3ccccc3)n2)n[nH]1. The van der Waals surface area contributed by atoms with Crippen LogP contribution in [-0.2, 0) is 0 Å². The number of benzene rings is 1. The molecule has 0 spiro atoms. The minimum Gasteiger partial charge on any atom is -0.354 e. The van der Waals surface area contributed by atoms with E-state index in [0.717, 1.165) is 60.9 Å². The minimum absolute atomic E-state index is 0.695. The van der Waals surface area contributed by atoms with Gasteiger partial charge >= 0.3 is 0 Å². The highest BCUT2D eigenvalue weighted by atomic mass is 15.3. The van der Waals surface area contributed by atoms with Crippen molar-refractivity contribution in [3.8, 4) is 0 Å². The fourth-order valence-corrected chi connectivity index (χ4v) is 4.86. The van der Waals surface area contributed by atoms with E-state index in [1.807, 2.05) is 43.3 Å². The van der Waals surface area contributed by atoms with Gasteiger partial charge in [0.15, 0.2) is 11.6 Å². The summed E-state index contributed by atoms with van der Waals surface area (Å²) in [6.45, 7) is 6.19. The van der Waals surface area contributed by atoms with Crippen LogP contribution in [0.1, 0.15) is 49.2 Å². The highest BCUT2D eigenvalue weighted by Crippen LogP contribution is 2.26. The monoisotopic (exact) mass is 443 g/mol. The van der Waals surface area contributed by atoms with E-state index < -0.39 is 0 Å². The Bertz CT molecular complexity index is 1060. The average Bonchev–Trinajstić information content (AvgIpc) is 3.28. The largest absolute Gasteiger partial charge is 0.354 e. The summed E-state index contributed by atoms with van der Waals surface area (Å²) < 4.78 is 0. The van der Waals surface area contributed by atoms with Crippen LogP contribution in [0.4, 0.5) is 17.5 Å². The summed E-state index contributed by atoms with van der Waals surface area (Å²) in [5.41, 5.74) is 2.14. The van der Waals surface area contributed by atoms with E-state index >= 15 is 0 Å². The molecule has 1 saturated carbocycles. The smallest absolute Gasteiger partial charge is 0.156 e. The van der Waals surface area contributed by atoms with Gasteiger partial charge in [0.25, 0.3) is 0 Å². The van der Waals surface area contributed by atoms with E-state index in [0.29, 0.717) is 5.82 Å². The molecule has 2 aromatic heterocycles. The molecule has 2 fully saturated rings. The molecular weight excluding hydrogens is 410 g/mol. The van der Waals surface area contributed by atoms with E-state index in [9.17, 15) is 0 Å². The number of aryl methyl sites for hydroxylation is 1. The predicted octanol–water partition coefficient (Wildman–Crippen LogP) is 4.88. The van der Waals surface area contributed by atoms with Gasteiger partial charge in [-0.3, -0.25) is 10.00 Å². The molecule has 1 aliphatic carbocycles. The number of nitrogens with one attached hydrogen (secondary N) is 2. The van der Waals surface area contributed by atoms with Gasteiger partial charge < -0.3 is 10.2 Å². The lowest BCUT2D eigenvalue weighted by Gasteiger charge is -2.41. The molecule has 0 bridgehead atoms. The maximum Gasteiger partial charge on any atom is 0.156 e. The van der Waals surface area contributed by atoms with Gasteiger partial charge in [0.05, 0.1) is 0 Å².